The summed E-state index contributed by atoms with van der Waals surface area (Å²) in [6.07, 6.45) is 0.582. The van der Waals surface area contributed by atoms with E-state index in [1.807, 2.05) is 11.4 Å². The molecule has 0 aliphatic heterocycles. The fourth-order valence-electron chi connectivity index (χ4n) is 1.72. The number of nitrogens with one attached hydrogen (secondary N) is 1. The van der Waals surface area contributed by atoms with Crippen molar-refractivity contribution in [2.45, 2.75) is 12.5 Å². The van der Waals surface area contributed by atoms with Crippen LogP contribution in [0.15, 0.2) is 32.5 Å². The van der Waals surface area contributed by atoms with Gasteiger partial charge in [0.2, 0.25) is 0 Å². The third-order valence-electron chi connectivity index (χ3n) is 2.72. The van der Waals surface area contributed by atoms with E-state index in [1.54, 1.807) is 11.3 Å². The topological polar surface area (TPSA) is 38.0 Å². The van der Waals surface area contributed by atoms with Crippen LogP contribution >= 0.6 is 43.2 Å². The van der Waals surface area contributed by atoms with Crippen LogP contribution in [0, 0.1) is 11.6 Å². The van der Waals surface area contributed by atoms with E-state index in [9.17, 15) is 8.78 Å². The number of thiophene rings is 1. The normalized spacial score (nSPS) is 12.7. The second-order valence-electron chi connectivity index (χ2n) is 3.88. The van der Waals surface area contributed by atoms with Gasteiger partial charge in [-0.25, -0.2) is 8.78 Å². The molecule has 0 saturated heterocycles. The number of nitrogens with two attached hydrogens (primary N) is 1. The van der Waals surface area contributed by atoms with Crippen molar-refractivity contribution in [1.82, 2.24) is 5.43 Å². The quantitative estimate of drug-likeness (QED) is 0.447. The number of halogens is 4. The van der Waals surface area contributed by atoms with Gasteiger partial charge in [0.15, 0.2) is 11.6 Å². The van der Waals surface area contributed by atoms with E-state index < -0.39 is 11.6 Å². The van der Waals surface area contributed by atoms with Gasteiger partial charge in [-0.1, -0.05) is 6.07 Å². The molecule has 1 unspecified atom stereocenters. The van der Waals surface area contributed by atoms with E-state index in [1.165, 1.54) is 6.07 Å². The Labute approximate surface area is 130 Å². The molecular weight excluding hydrogens is 402 g/mol. The average Bonchev–Trinajstić information content (AvgIpc) is 2.80. The molecule has 2 aromatic rings. The predicted molar refractivity (Wildman–Crippen MR) is 79.8 cm³/mol. The summed E-state index contributed by atoms with van der Waals surface area (Å²) in [5.74, 6) is 3.75. The molecule has 19 heavy (non-hydrogen) atoms. The SMILES string of the molecule is NNC(Cc1sccc1Br)c1ccc(F)c(F)c1Br. The first-order chi connectivity index (χ1) is 9.04. The molecule has 1 aromatic carbocycles. The Kier molecular flexibility index (Phi) is 5.08. The second-order valence-corrected chi connectivity index (χ2v) is 6.53. The molecule has 0 bridgehead atoms. The molecule has 0 spiro atoms. The largest absolute Gasteiger partial charge is 0.271 e. The zero-order valence-corrected chi connectivity index (χ0v) is 13.6. The maximum absolute atomic E-state index is 13.5. The third kappa shape index (κ3) is 3.22. The molecule has 102 valence electrons. The monoisotopic (exact) mass is 410 g/mol. The second kappa shape index (κ2) is 6.41. The Morgan fingerprint density at radius 1 is 1.26 bits per heavy atom. The van der Waals surface area contributed by atoms with Crippen LogP contribution in [-0.2, 0) is 6.42 Å². The highest BCUT2D eigenvalue weighted by Crippen LogP contribution is 2.32. The molecule has 2 rings (SSSR count). The Balaban J connectivity index is 2.33. The molecule has 7 heteroatoms. The highest BCUT2D eigenvalue weighted by atomic mass is 79.9. The van der Waals surface area contributed by atoms with Crippen LogP contribution < -0.4 is 11.3 Å². The van der Waals surface area contributed by atoms with Crippen molar-refractivity contribution in [1.29, 1.82) is 0 Å². The fourth-order valence-corrected chi connectivity index (χ4v) is 3.88. The molecule has 1 aromatic heterocycles. The van der Waals surface area contributed by atoms with E-state index in [-0.39, 0.29) is 10.5 Å². The Morgan fingerprint density at radius 3 is 2.58 bits per heavy atom. The van der Waals surface area contributed by atoms with Crippen molar-refractivity contribution >= 4 is 43.2 Å². The van der Waals surface area contributed by atoms with E-state index >= 15 is 0 Å². The summed E-state index contributed by atoms with van der Waals surface area (Å²) < 4.78 is 27.7. The minimum Gasteiger partial charge on any atom is -0.271 e. The maximum atomic E-state index is 13.5. The van der Waals surface area contributed by atoms with Crippen LogP contribution in [0.25, 0.3) is 0 Å². The molecule has 3 N–H and O–H groups in total. The Hall–Kier alpha value is -0.340. The minimum absolute atomic E-state index is 0.100. The molecule has 0 amide bonds. The van der Waals surface area contributed by atoms with Crippen LogP contribution in [0.1, 0.15) is 16.5 Å². The summed E-state index contributed by atoms with van der Waals surface area (Å²) >= 11 is 8.09. The lowest BCUT2D eigenvalue weighted by Gasteiger charge is -2.18. The van der Waals surface area contributed by atoms with Gasteiger partial charge in [0, 0.05) is 15.8 Å². The van der Waals surface area contributed by atoms with E-state index in [0.29, 0.717) is 12.0 Å². The molecule has 1 atom stereocenters. The van der Waals surface area contributed by atoms with Crippen molar-refractivity contribution in [2.24, 2.45) is 5.84 Å². The summed E-state index contributed by atoms with van der Waals surface area (Å²) in [5, 5.41) is 1.95. The lowest BCUT2D eigenvalue weighted by molar-refractivity contribution is 0.491. The van der Waals surface area contributed by atoms with Crippen molar-refractivity contribution in [3.8, 4) is 0 Å². The summed E-state index contributed by atoms with van der Waals surface area (Å²) in [5.41, 5.74) is 3.22. The van der Waals surface area contributed by atoms with Gasteiger partial charge in [-0.2, -0.15) is 0 Å². The van der Waals surface area contributed by atoms with Gasteiger partial charge >= 0.3 is 0 Å². The van der Waals surface area contributed by atoms with Crippen LogP contribution in [0.5, 0.6) is 0 Å². The smallest absolute Gasteiger partial charge is 0.173 e. The lowest BCUT2D eigenvalue weighted by Crippen LogP contribution is -2.30. The van der Waals surface area contributed by atoms with E-state index in [2.05, 4.69) is 37.3 Å². The third-order valence-corrected chi connectivity index (χ3v) is 5.48. The first-order valence-corrected chi connectivity index (χ1v) is 7.82. The van der Waals surface area contributed by atoms with Gasteiger partial charge in [-0.05, 0) is 54.9 Å². The average molecular weight is 412 g/mol. The number of hydrazine groups is 1. The van der Waals surface area contributed by atoms with Crippen molar-refractivity contribution in [3.05, 3.63) is 54.6 Å². The number of hydrogen-bond donors (Lipinski definition) is 2. The molecular formula is C12H10Br2F2N2S. The van der Waals surface area contributed by atoms with Crippen molar-refractivity contribution in [3.63, 3.8) is 0 Å². The summed E-state index contributed by atoms with van der Waals surface area (Å²) in [6.45, 7) is 0. The van der Waals surface area contributed by atoms with Crippen LogP contribution in [-0.4, -0.2) is 0 Å². The van der Waals surface area contributed by atoms with Gasteiger partial charge in [-0.3, -0.25) is 11.3 Å². The predicted octanol–water partition coefficient (Wildman–Crippen LogP) is 4.30. The Morgan fingerprint density at radius 2 is 2.00 bits per heavy atom. The van der Waals surface area contributed by atoms with E-state index in [0.717, 1.165) is 15.4 Å². The molecule has 2 nitrogen and oxygen atoms in total. The first kappa shape index (κ1) is 15.1. The van der Waals surface area contributed by atoms with Gasteiger partial charge in [-0.15, -0.1) is 11.3 Å². The van der Waals surface area contributed by atoms with Crippen LogP contribution in [0.3, 0.4) is 0 Å². The van der Waals surface area contributed by atoms with Gasteiger partial charge in [0.1, 0.15) is 0 Å². The zero-order valence-electron chi connectivity index (χ0n) is 9.59. The van der Waals surface area contributed by atoms with Crippen LogP contribution in [0.2, 0.25) is 0 Å². The molecule has 0 radical (unpaired) electrons. The van der Waals surface area contributed by atoms with Gasteiger partial charge < -0.3 is 0 Å². The van der Waals surface area contributed by atoms with Crippen LogP contribution in [0.4, 0.5) is 8.78 Å². The van der Waals surface area contributed by atoms with Crippen molar-refractivity contribution in [2.75, 3.05) is 0 Å². The fraction of sp³-hybridized carbons (Fsp3) is 0.167. The van der Waals surface area contributed by atoms with Gasteiger partial charge in [0.05, 0.1) is 10.5 Å². The highest BCUT2D eigenvalue weighted by molar-refractivity contribution is 9.10. The summed E-state index contributed by atoms with van der Waals surface area (Å²) in [6, 6.07) is 4.26. The summed E-state index contributed by atoms with van der Waals surface area (Å²) in [4.78, 5) is 1.08. The molecule has 1 heterocycles. The lowest BCUT2D eigenvalue weighted by atomic mass is 10.0. The number of rotatable bonds is 4. The number of hydrogen-bond acceptors (Lipinski definition) is 3. The standard InChI is InChI=1S/C12H10Br2F2N2S/c13-7-3-4-19-10(7)5-9(18-17)6-1-2-8(15)12(16)11(6)14/h1-4,9,18H,5,17H2. The van der Waals surface area contributed by atoms with Crippen molar-refractivity contribution < 1.29 is 8.78 Å². The Bertz CT molecular complexity index is 589. The summed E-state index contributed by atoms with van der Waals surface area (Å²) in [7, 11) is 0. The molecule has 0 saturated carbocycles. The first-order valence-electron chi connectivity index (χ1n) is 5.36. The molecule has 0 aliphatic carbocycles. The highest BCUT2D eigenvalue weighted by Gasteiger charge is 2.19. The maximum Gasteiger partial charge on any atom is 0.173 e. The number of benzene rings is 1. The van der Waals surface area contributed by atoms with Gasteiger partial charge in [0.25, 0.3) is 0 Å². The van der Waals surface area contributed by atoms with E-state index in [4.69, 9.17) is 5.84 Å². The minimum atomic E-state index is -0.900. The molecule has 0 fully saturated rings. The molecule has 0 aliphatic rings. The zero-order chi connectivity index (χ0) is 14.0.